The van der Waals surface area contributed by atoms with Crippen LogP contribution in [0.25, 0.3) is 17.0 Å². The molecule has 0 spiro atoms. The fourth-order valence-corrected chi connectivity index (χ4v) is 3.62. The minimum absolute atomic E-state index is 0.101. The zero-order valence-corrected chi connectivity index (χ0v) is 15.8. The van der Waals surface area contributed by atoms with Crippen molar-refractivity contribution in [3.63, 3.8) is 0 Å². The van der Waals surface area contributed by atoms with Crippen molar-refractivity contribution < 1.29 is 9.53 Å². The molecule has 0 atom stereocenters. The number of pyridine rings is 1. The summed E-state index contributed by atoms with van der Waals surface area (Å²) in [4.78, 5) is 17.2. The lowest BCUT2D eigenvalue weighted by Gasteiger charge is -2.08. The number of hydrogen-bond donors (Lipinski definition) is 1. The molecule has 0 aliphatic carbocycles. The number of carbonyl (C=O) groups is 1. The van der Waals surface area contributed by atoms with Gasteiger partial charge in [0.05, 0.1) is 10.4 Å². The highest BCUT2D eigenvalue weighted by atomic mass is 79.9. The van der Waals surface area contributed by atoms with Gasteiger partial charge in [0, 0.05) is 29.1 Å². The summed E-state index contributed by atoms with van der Waals surface area (Å²) in [6.07, 6.45) is 5.85. The molecular formula is C19H17BrN2O2S. The summed E-state index contributed by atoms with van der Waals surface area (Å²) in [6, 6.07) is 13.7. The summed E-state index contributed by atoms with van der Waals surface area (Å²) in [5, 5.41) is 3.91. The summed E-state index contributed by atoms with van der Waals surface area (Å²) in [6.45, 7) is 1.09. The number of benzene rings is 1. The van der Waals surface area contributed by atoms with Crippen LogP contribution in [0.1, 0.15) is 11.3 Å². The third-order valence-corrected chi connectivity index (χ3v) is 5.06. The lowest BCUT2D eigenvalue weighted by Crippen LogP contribution is -2.23. The van der Waals surface area contributed by atoms with E-state index in [0.717, 1.165) is 31.7 Å². The zero-order valence-electron chi connectivity index (χ0n) is 13.4. The van der Waals surface area contributed by atoms with Gasteiger partial charge < -0.3 is 10.1 Å². The molecular weight excluding hydrogens is 400 g/mol. The van der Waals surface area contributed by atoms with Gasteiger partial charge in [-0.15, -0.1) is 11.3 Å². The Labute approximate surface area is 158 Å². The standard InChI is InChI=1S/C19H17BrN2O2S/c20-17-9-7-15(25-17)8-10-18(23)21-12-3-13-24-16-6-1-4-14-5-2-11-22-19(14)16/h1-2,4-11H,3,12-13H2,(H,21,23)/b10-8+. The molecule has 0 saturated heterocycles. The molecule has 0 aliphatic heterocycles. The highest BCUT2D eigenvalue weighted by Crippen LogP contribution is 2.23. The molecule has 3 aromatic rings. The van der Waals surface area contributed by atoms with Gasteiger partial charge in [0.25, 0.3) is 0 Å². The first kappa shape index (κ1) is 17.6. The topological polar surface area (TPSA) is 51.2 Å². The van der Waals surface area contributed by atoms with Gasteiger partial charge in [0.2, 0.25) is 5.91 Å². The maximum atomic E-state index is 11.8. The number of thiophene rings is 1. The van der Waals surface area contributed by atoms with E-state index in [9.17, 15) is 4.79 Å². The highest BCUT2D eigenvalue weighted by molar-refractivity contribution is 9.11. The van der Waals surface area contributed by atoms with Crippen LogP contribution in [0.15, 0.2) is 58.5 Å². The number of carbonyl (C=O) groups excluding carboxylic acids is 1. The van der Waals surface area contributed by atoms with Crippen molar-refractivity contribution in [1.29, 1.82) is 0 Å². The van der Waals surface area contributed by atoms with Gasteiger partial charge in [-0.05, 0) is 52.7 Å². The normalized spacial score (nSPS) is 11.1. The Hall–Kier alpha value is -2.18. The summed E-state index contributed by atoms with van der Waals surface area (Å²) in [7, 11) is 0. The first-order chi connectivity index (χ1) is 12.2. The fourth-order valence-electron chi connectivity index (χ4n) is 2.29. The van der Waals surface area contributed by atoms with Crippen molar-refractivity contribution >= 4 is 50.2 Å². The molecule has 2 aromatic heterocycles. The van der Waals surface area contributed by atoms with E-state index in [1.54, 1.807) is 23.6 Å². The molecule has 3 rings (SSSR count). The number of fused-ring (bicyclic) bond motifs is 1. The molecule has 0 aliphatic rings. The summed E-state index contributed by atoms with van der Waals surface area (Å²) >= 11 is 4.98. The van der Waals surface area contributed by atoms with Crippen LogP contribution >= 0.6 is 27.3 Å². The largest absolute Gasteiger partial charge is 0.491 e. The number of hydrogen-bond acceptors (Lipinski definition) is 4. The van der Waals surface area contributed by atoms with Crippen LogP contribution in [0, 0.1) is 0 Å². The second kappa shape index (κ2) is 8.78. The van der Waals surface area contributed by atoms with Crippen LogP contribution in [0.4, 0.5) is 0 Å². The molecule has 25 heavy (non-hydrogen) atoms. The first-order valence-corrected chi connectivity index (χ1v) is 9.51. The Balaban J connectivity index is 1.41. The SMILES string of the molecule is O=C(/C=C/c1ccc(Br)s1)NCCCOc1cccc2cccnc12. The van der Waals surface area contributed by atoms with Crippen molar-refractivity contribution in [3.05, 3.63) is 63.4 Å². The molecule has 0 unspecified atom stereocenters. The van der Waals surface area contributed by atoms with E-state index in [0.29, 0.717) is 13.2 Å². The van der Waals surface area contributed by atoms with E-state index in [2.05, 4.69) is 26.2 Å². The molecule has 0 fully saturated rings. The predicted octanol–water partition coefficient (Wildman–Crippen LogP) is 4.66. The molecule has 0 saturated carbocycles. The van der Waals surface area contributed by atoms with Gasteiger partial charge in [-0.25, -0.2) is 0 Å². The first-order valence-electron chi connectivity index (χ1n) is 7.90. The number of para-hydroxylation sites is 1. The average Bonchev–Trinajstić information content (AvgIpc) is 3.05. The van der Waals surface area contributed by atoms with Crippen molar-refractivity contribution in [2.24, 2.45) is 0 Å². The maximum absolute atomic E-state index is 11.8. The Kier molecular flexibility index (Phi) is 6.19. The number of amides is 1. The van der Waals surface area contributed by atoms with E-state index in [4.69, 9.17) is 4.74 Å². The molecule has 128 valence electrons. The predicted molar refractivity (Wildman–Crippen MR) is 106 cm³/mol. The van der Waals surface area contributed by atoms with Gasteiger partial charge in [0.15, 0.2) is 0 Å². The Morgan fingerprint density at radius 1 is 1.24 bits per heavy atom. The third-order valence-electron chi connectivity index (χ3n) is 3.47. The van der Waals surface area contributed by atoms with Crippen LogP contribution in [0.5, 0.6) is 5.75 Å². The van der Waals surface area contributed by atoms with E-state index < -0.39 is 0 Å². The lowest BCUT2D eigenvalue weighted by molar-refractivity contribution is -0.116. The van der Waals surface area contributed by atoms with E-state index >= 15 is 0 Å². The third kappa shape index (κ3) is 5.14. The summed E-state index contributed by atoms with van der Waals surface area (Å²) < 4.78 is 6.85. The van der Waals surface area contributed by atoms with E-state index in [1.807, 2.05) is 48.5 Å². The van der Waals surface area contributed by atoms with Crippen molar-refractivity contribution in [2.75, 3.05) is 13.2 Å². The number of rotatable bonds is 7. The number of ether oxygens (including phenoxy) is 1. The van der Waals surface area contributed by atoms with Crippen molar-refractivity contribution in [2.45, 2.75) is 6.42 Å². The van der Waals surface area contributed by atoms with Gasteiger partial charge in [-0.1, -0.05) is 18.2 Å². The molecule has 4 nitrogen and oxygen atoms in total. The van der Waals surface area contributed by atoms with Gasteiger partial charge in [-0.2, -0.15) is 0 Å². The van der Waals surface area contributed by atoms with Crippen LogP contribution in [0.3, 0.4) is 0 Å². The van der Waals surface area contributed by atoms with E-state index in [1.165, 1.54) is 0 Å². The van der Waals surface area contributed by atoms with E-state index in [-0.39, 0.29) is 5.91 Å². The smallest absolute Gasteiger partial charge is 0.244 e. The highest BCUT2D eigenvalue weighted by Gasteiger charge is 2.02. The fraction of sp³-hybridized carbons (Fsp3) is 0.158. The number of nitrogens with one attached hydrogen (secondary N) is 1. The van der Waals surface area contributed by atoms with Crippen LogP contribution < -0.4 is 10.1 Å². The Bertz CT molecular complexity index is 887. The second-order valence-corrected chi connectivity index (χ2v) is 7.79. The average molecular weight is 417 g/mol. The second-order valence-electron chi connectivity index (χ2n) is 5.30. The number of aromatic nitrogens is 1. The maximum Gasteiger partial charge on any atom is 0.244 e. The van der Waals surface area contributed by atoms with Crippen molar-refractivity contribution in [3.8, 4) is 5.75 Å². The molecule has 1 aromatic carbocycles. The van der Waals surface area contributed by atoms with Gasteiger partial charge >= 0.3 is 0 Å². The molecule has 0 bridgehead atoms. The minimum atomic E-state index is -0.101. The van der Waals surface area contributed by atoms with Crippen LogP contribution in [-0.4, -0.2) is 24.0 Å². The van der Waals surface area contributed by atoms with Gasteiger partial charge in [0.1, 0.15) is 11.3 Å². The Morgan fingerprint density at radius 2 is 2.12 bits per heavy atom. The quantitative estimate of drug-likeness (QED) is 0.450. The van der Waals surface area contributed by atoms with Crippen molar-refractivity contribution in [1.82, 2.24) is 10.3 Å². The molecule has 6 heteroatoms. The molecule has 1 N–H and O–H groups in total. The minimum Gasteiger partial charge on any atom is -0.491 e. The van der Waals surface area contributed by atoms with Crippen LogP contribution in [-0.2, 0) is 4.79 Å². The Morgan fingerprint density at radius 3 is 2.96 bits per heavy atom. The van der Waals surface area contributed by atoms with Crippen LogP contribution in [0.2, 0.25) is 0 Å². The monoisotopic (exact) mass is 416 g/mol. The van der Waals surface area contributed by atoms with Gasteiger partial charge in [-0.3, -0.25) is 9.78 Å². The molecule has 1 amide bonds. The molecule has 2 heterocycles. The number of nitrogens with zero attached hydrogens (tertiary/aromatic N) is 1. The number of halogens is 1. The summed E-state index contributed by atoms with van der Waals surface area (Å²) in [5.74, 6) is 0.670. The summed E-state index contributed by atoms with van der Waals surface area (Å²) in [5.41, 5.74) is 0.860. The molecule has 0 radical (unpaired) electrons. The zero-order chi connectivity index (χ0) is 17.5. The lowest BCUT2D eigenvalue weighted by atomic mass is 10.2.